The highest BCUT2D eigenvalue weighted by molar-refractivity contribution is 5.92. The summed E-state index contributed by atoms with van der Waals surface area (Å²) >= 11 is 0. The van der Waals surface area contributed by atoms with Gasteiger partial charge in [-0.2, -0.15) is 0 Å². The number of nitro groups is 1. The lowest BCUT2D eigenvalue weighted by Crippen LogP contribution is -2.08. The highest BCUT2D eigenvalue weighted by atomic mass is 16.6. The van der Waals surface area contributed by atoms with Crippen molar-refractivity contribution in [3.05, 3.63) is 76.6 Å². The normalized spacial score (nSPS) is 10.4. The van der Waals surface area contributed by atoms with E-state index in [9.17, 15) is 14.9 Å². The summed E-state index contributed by atoms with van der Waals surface area (Å²) in [5, 5.41) is 12.5. The molecule has 0 saturated carbocycles. The minimum atomic E-state index is -0.646. The summed E-state index contributed by atoms with van der Waals surface area (Å²) in [6, 6.07) is 12.4. The van der Waals surface area contributed by atoms with Crippen molar-refractivity contribution in [3.63, 3.8) is 0 Å². The number of hydrogen-bond acceptors (Lipinski definition) is 5. The summed E-state index contributed by atoms with van der Waals surface area (Å²) in [5.74, 6) is -0.288. The Morgan fingerprint density at radius 1 is 1.09 bits per heavy atom. The molecule has 0 unspecified atom stereocenters. The molecule has 6 nitrogen and oxygen atoms in total. The molecule has 0 aliphatic rings. The quantitative estimate of drug-likeness (QED) is 0.320. The molecule has 6 heteroatoms. The third-order valence-corrected chi connectivity index (χ3v) is 3.12. The fourth-order valence-corrected chi connectivity index (χ4v) is 2.04. The van der Waals surface area contributed by atoms with E-state index in [4.69, 9.17) is 4.74 Å². The summed E-state index contributed by atoms with van der Waals surface area (Å²) in [5.41, 5.74) is -0.0300. The van der Waals surface area contributed by atoms with Gasteiger partial charge in [-0.25, -0.2) is 4.79 Å². The number of pyridine rings is 1. The standard InChI is InChI=1S/C16H10N2O4/c19-16(12-2-1-3-14(8-12)18(20)21)22-15-5-4-11-6-7-17-10-13(11)9-15/h1-10H. The molecule has 0 fully saturated rings. The molecule has 3 aromatic rings. The van der Waals surface area contributed by atoms with Gasteiger partial charge >= 0.3 is 5.97 Å². The second kappa shape index (κ2) is 5.61. The Labute approximate surface area is 125 Å². The van der Waals surface area contributed by atoms with Gasteiger partial charge in [0, 0.05) is 29.9 Å². The molecule has 0 aliphatic carbocycles. The van der Waals surface area contributed by atoms with E-state index < -0.39 is 10.9 Å². The van der Waals surface area contributed by atoms with Gasteiger partial charge in [-0.05, 0) is 29.7 Å². The Morgan fingerprint density at radius 3 is 2.77 bits per heavy atom. The van der Waals surface area contributed by atoms with Gasteiger partial charge in [0.1, 0.15) is 5.75 Å². The van der Waals surface area contributed by atoms with Crippen LogP contribution in [-0.4, -0.2) is 15.9 Å². The molecule has 0 saturated heterocycles. The van der Waals surface area contributed by atoms with Crippen LogP contribution in [0, 0.1) is 10.1 Å². The minimum Gasteiger partial charge on any atom is -0.423 e. The number of fused-ring (bicyclic) bond motifs is 1. The Hall–Kier alpha value is -3.28. The van der Waals surface area contributed by atoms with Gasteiger partial charge in [0.05, 0.1) is 10.5 Å². The van der Waals surface area contributed by atoms with Crippen molar-refractivity contribution in [2.24, 2.45) is 0 Å². The summed E-state index contributed by atoms with van der Waals surface area (Å²) in [6.45, 7) is 0. The van der Waals surface area contributed by atoms with Gasteiger partial charge in [0.15, 0.2) is 0 Å². The third kappa shape index (κ3) is 2.76. The zero-order valence-corrected chi connectivity index (χ0v) is 11.3. The van der Waals surface area contributed by atoms with E-state index in [1.54, 1.807) is 24.5 Å². The summed E-state index contributed by atoms with van der Waals surface area (Å²) < 4.78 is 5.25. The van der Waals surface area contributed by atoms with Gasteiger partial charge in [-0.1, -0.05) is 12.1 Å². The fourth-order valence-electron chi connectivity index (χ4n) is 2.04. The van der Waals surface area contributed by atoms with E-state index in [1.165, 1.54) is 24.3 Å². The number of rotatable bonds is 3. The number of ether oxygens (including phenoxy) is 1. The molecule has 0 radical (unpaired) electrons. The summed E-state index contributed by atoms with van der Waals surface area (Å²) in [7, 11) is 0. The Balaban J connectivity index is 1.86. The van der Waals surface area contributed by atoms with Crippen molar-refractivity contribution in [2.75, 3.05) is 0 Å². The molecule has 3 rings (SSSR count). The Morgan fingerprint density at radius 2 is 1.95 bits per heavy atom. The van der Waals surface area contributed by atoms with E-state index in [1.807, 2.05) is 12.1 Å². The second-order valence-electron chi connectivity index (χ2n) is 4.58. The van der Waals surface area contributed by atoms with Gasteiger partial charge < -0.3 is 4.74 Å². The minimum absolute atomic E-state index is 0.125. The number of esters is 1. The Kier molecular flexibility index (Phi) is 3.49. The maximum absolute atomic E-state index is 12.1. The fraction of sp³-hybridized carbons (Fsp3) is 0. The molecule has 2 aromatic carbocycles. The highest BCUT2D eigenvalue weighted by Crippen LogP contribution is 2.21. The molecule has 108 valence electrons. The van der Waals surface area contributed by atoms with Gasteiger partial charge in [0.2, 0.25) is 0 Å². The maximum Gasteiger partial charge on any atom is 0.343 e. The molecule has 0 N–H and O–H groups in total. The van der Waals surface area contributed by atoms with E-state index >= 15 is 0 Å². The maximum atomic E-state index is 12.1. The first-order valence-corrected chi connectivity index (χ1v) is 6.44. The summed E-state index contributed by atoms with van der Waals surface area (Å²) in [6.07, 6.45) is 3.34. The zero-order chi connectivity index (χ0) is 15.5. The predicted octanol–water partition coefficient (Wildman–Crippen LogP) is 3.36. The van der Waals surface area contributed by atoms with E-state index in [-0.39, 0.29) is 11.3 Å². The van der Waals surface area contributed by atoms with E-state index in [2.05, 4.69) is 4.98 Å². The van der Waals surface area contributed by atoms with Gasteiger partial charge in [-0.15, -0.1) is 0 Å². The van der Waals surface area contributed by atoms with Crippen LogP contribution in [0.25, 0.3) is 10.8 Å². The van der Waals surface area contributed by atoms with Crippen LogP contribution >= 0.6 is 0 Å². The first-order chi connectivity index (χ1) is 10.6. The Bertz CT molecular complexity index is 877. The molecule has 1 aromatic heterocycles. The van der Waals surface area contributed by atoms with Crippen LogP contribution in [0.1, 0.15) is 10.4 Å². The molecule has 0 atom stereocenters. The van der Waals surface area contributed by atoms with Crippen LogP contribution in [0.3, 0.4) is 0 Å². The topological polar surface area (TPSA) is 82.3 Å². The average Bonchev–Trinajstić information content (AvgIpc) is 2.55. The van der Waals surface area contributed by atoms with Crippen molar-refractivity contribution < 1.29 is 14.5 Å². The van der Waals surface area contributed by atoms with Crippen molar-refractivity contribution in [3.8, 4) is 5.75 Å². The molecular weight excluding hydrogens is 284 g/mol. The smallest absolute Gasteiger partial charge is 0.343 e. The van der Waals surface area contributed by atoms with Crippen LogP contribution in [0.2, 0.25) is 0 Å². The van der Waals surface area contributed by atoms with Crippen molar-refractivity contribution in [1.29, 1.82) is 0 Å². The molecule has 0 amide bonds. The lowest BCUT2D eigenvalue weighted by Gasteiger charge is -2.05. The first kappa shape index (κ1) is 13.7. The molecule has 0 bridgehead atoms. The lowest BCUT2D eigenvalue weighted by atomic mass is 10.1. The van der Waals surface area contributed by atoms with Crippen molar-refractivity contribution >= 4 is 22.4 Å². The van der Waals surface area contributed by atoms with Crippen LogP contribution in [0.4, 0.5) is 5.69 Å². The number of hydrogen-bond donors (Lipinski definition) is 0. The predicted molar refractivity (Wildman–Crippen MR) is 79.8 cm³/mol. The van der Waals surface area contributed by atoms with Crippen molar-refractivity contribution in [2.45, 2.75) is 0 Å². The number of non-ortho nitro benzene ring substituents is 1. The summed E-state index contributed by atoms with van der Waals surface area (Å²) in [4.78, 5) is 26.2. The number of carbonyl (C=O) groups excluding carboxylic acids is 1. The highest BCUT2D eigenvalue weighted by Gasteiger charge is 2.13. The molecule has 0 spiro atoms. The van der Waals surface area contributed by atoms with Gasteiger partial charge in [-0.3, -0.25) is 15.1 Å². The lowest BCUT2D eigenvalue weighted by molar-refractivity contribution is -0.384. The van der Waals surface area contributed by atoms with Crippen molar-refractivity contribution in [1.82, 2.24) is 4.98 Å². The number of nitrogens with zero attached hydrogens (tertiary/aromatic N) is 2. The molecular formula is C16H10N2O4. The second-order valence-corrected chi connectivity index (χ2v) is 4.58. The largest absolute Gasteiger partial charge is 0.423 e. The molecule has 0 aliphatic heterocycles. The van der Waals surface area contributed by atoms with E-state index in [0.717, 1.165) is 10.8 Å². The average molecular weight is 294 g/mol. The molecule has 1 heterocycles. The van der Waals surface area contributed by atoms with Crippen LogP contribution in [0.15, 0.2) is 60.9 Å². The SMILES string of the molecule is O=C(Oc1ccc2ccncc2c1)c1cccc([N+](=O)[O-])c1. The van der Waals surface area contributed by atoms with Crippen LogP contribution in [-0.2, 0) is 0 Å². The van der Waals surface area contributed by atoms with Crippen LogP contribution < -0.4 is 4.74 Å². The van der Waals surface area contributed by atoms with E-state index in [0.29, 0.717) is 5.75 Å². The number of aromatic nitrogens is 1. The number of nitro benzene ring substituents is 1. The van der Waals surface area contributed by atoms with Gasteiger partial charge in [0.25, 0.3) is 5.69 Å². The monoisotopic (exact) mass is 294 g/mol. The third-order valence-electron chi connectivity index (χ3n) is 3.12. The molecule has 22 heavy (non-hydrogen) atoms. The number of benzene rings is 2. The zero-order valence-electron chi connectivity index (χ0n) is 11.3. The number of carbonyl (C=O) groups is 1. The van der Waals surface area contributed by atoms with Crippen LogP contribution in [0.5, 0.6) is 5.75 Å². The first-order valence-electron chi connectivity index (χ1n) is 6.44.